The fourth-order valence-corrected chi connectivity index (χ4v) is 5.56. The van der Waals surface area contributed by atoms with Gasteiger partial charge in [0.15, 0.2) is 0 Å². The van der Waals surface area contributed by atoms with Gasteiger partial charge in [-0.3, -0.25) is 0 Å². The van der Waals surface area contributed by atoms with Gasteiger partial charge in [-0.1, -0.05) is 37.1 Å². The van der Waals surface area contributed by atoms with Gasteiger partial charge >= 0.3 is 0 Å². The number of anilines is 3. The average Bonchev–Trinajstić information content (AvgIpc) is 3.73. The van der Waals surface area contributed by atoms with Crippen molar-refractivity contribution in [2.45, 2.75) is 58.3 Å². The minimum atomic E-state index is 0.610. The topological polar surface area (TPSA) is 59.9 Å². The number of allylic oxidation sites excluding steroid dienone is 5. The molecule has 0 bridgehead atoms. The summed E-state index contributed by atoms with van der Waals surface area (Å²) >= 11 is 0. The largest absolute Gasteiger partial charge is 0.363 e. The van der Waals surface area contributed by atoms with E-state index in [4.69, 9.17) is 15.0 Å². The molecule has 0 spiro atoms. The van der Waals surface area contributed by atoms with Gasteiger partial charge in [0, 0.05) is 70.2 Å². The standard InChI is InChI=1S/C31H43N7/c1-4-5-13-24-14-11-15-27(26-22-25(24)26)33-28-23-30(36(2)3)35-31(34-28)38-19-12-18-37(20-21-38)29-16-9-7-6-8-10-17-32-29/h7,10,14-17,23,25-26H,4-6,8,11-13,18-22H2,1-3H3,(H,33,34,35)/b17-10-,32-29?. The van der Waals surface area contributed by atoms with Gasteiger partial charge in [0.05, 0.1) is 0 Å². The van der Waals surface area contributed by atoms with Crippen molar-refractivity contribution in [3.63, 3.8) is 0 Å². The van der Waals surface area contributed by atoms with Crippen molar-refractivity contribution in [1.29, 1.82) is 0 Å². The lowest BCUT2D eigenvalue weighted by Crippen LogP contribution is -2.35. The number of nitrogens with one attached hydrogen (secondary N) is 1. The van der Waals surface area contributed by atoms with Crippen LogP contribution in [0.5, 0.6) is 0 Å². The fourth-order valence-electron chi connectivity index (χ4n) is 5.56. The van der Waals surface area contributed by atoms with Gasteiger partial charge in [0.25, 0.3) is 0 Å². The zero-order chi connectivity index (χ0) is 26.3. The third-order valence-electron chi connectivity index (χ3n) is 7.86. The van der Waals surface area contributed by atoms with Crippen LogP contribution in [0.2, 0.25) is 0 Å². The first-order valence-electron chi connectivity index (χ1n) is 14.5. The fraction of sp³-hybridized carbons (Fsp3) is 0.548. The predicted molar refractivity (Wildman–Crippen MR) is 159 cm³/mol. The SMILES string of the molecule is CCCCC1=CCC=C(Nc2cc(N(C)C)nc(N3CCCN(C4=N/C=C\CCC=C=C4)CC3)n2)C2CC12. The second-order valence-electron chi connectivity index (χ2n) is 10.9. The Morgan fingerprint density at radius 2 is 1.92 bits per heavy atom. The molecule has 4 aliphatic rings. The van der Waals surface area contributed by atoms with Crippen LogP contribution in [0.15, 0.2) is 64.6 Å². The average molecular weight is 514 g/mol. The van der Waals surface area contributed by atoms with Crippen LogP contribution in [-0.2, 0) is 0 Å². The zero-order valence-corrected chi connectivity index (χ0v) is 23.4. The quantitative estimate of drug-likeness (QED) is 0.361. The van der Waals surface area contributed by atoms with E-state index in [2.05, 4.69) is 77.1 Å². The summed E-state index contributed by atoms with van der Waals surface area (Å²) in [5.74, 6) is 4.94. The molecule has 2 unspecified atom stereocenters. The van der Waals surface area contributed by atoms with Crippen LogP contribution in [0.3, 0.4) is 0 Å². The van der Waals surface area contributed by atoms with Crippen molar-refractivity contribution in [2.24, 2.45) is 16.8 Å². The molecule has 1 aromatic rings. The molecule has 5 rings (SSSR count). The molecule has 1 aromatic heterocycles. The normalized spacial score (nSPS) is 24.0. The van der Waals surface area contributed by atoms with Gasteiger partial charge in [0.2, 0.25) is 5.95 Å². The summed E-state index contributed by atoms with van der Waals surface area (Å²) in [7, 11) is 4.10. The summed E-state index contributed by atoms with van der Waals surface area (Å²) in [6.07, 6.45) is 22.2. The summed E-state index contributed by atoms with van der Waals surface area (Å²) in [5, 5.41) is 3.73. The minimum absolute atomic E-state index is 0.610. The molecule has 2 aliphatic heterocycles. The lowest BCUT2D eigenvalue weighted by atomic mass is 10.0. The first-order chi connectivity index (χ1) is 18.6. The number of unbranched alkanes of at least 4 members (excludes halogenated alkanes) is 1. The van der Waals surface area contributed by atoms with Crippen LogP contribution in [-0.4, -0.2) is 61.0 Å². The molecular weight excluding hydrogens is 470 g/mol. The highest BCUT2D eigenvalue weighted by atomic mass is 15.3. The van der Waals surface area contributed by atoms with Crippen LogP contribution in [0.4, 0.5) is 17.6 Å². The van der Waals surface area contributed by atoms with Gasteiger partial charge < -0.3 is 20.0 Å². The van der Waals surface area contributed by atoms with E-state index in [1.165, 1.54) is 31.4 Å². The van der Waals surface area contributed by atoms with E-state index in [1.54, 1.807) is 5.57 Å². The number of amidine groups is 1. The molecule has 0 aromatic carbocycles. The zero-order valence-electron chi connectivity index (χ0n) is 23.4. The number of rotatable bonds is 7. The molecule has 202 valence electrons. The highest BCUT2D eigenvalue weighted by Crippen LogP contribution is 2.51. The summed E-state index contributed by atoms with van der Waals surface area (Å²) in [4.78, 5) is 21.5. The lowest BCUT2D eigenvalue weighted by Gasteiger charge is -2.24. The molecule has 3 heterocycles. The molecular formula is C31H43N7. The number of fused-ring (bicyclic) bond motifs is 1. The third kappa shape index (κ3) is 6.57. The Balaban J connectivity index is 1.30. The Hall–Kier alpha value is -3.31. The first-order valence-corrected chi connectivity index (χ1v) is 14.5. The van der Waals surface area contributed by atoms with E-state index in [0.717, 1.165) is 75.3 Å². The maximum atomic E-state index is 5.04. The van der Waals surface area contributed by atoms with Gasteiger partial charge in [-0.25, -0.2) is 4.99 Å². The van der Waals surface area contributed by atoms with Crippen molar-refractivity contribution in [3.05, 3.63) is 59.6 Å². The molecule has 7 nitrogen and oxygen atoms in total. The van der Waals surface area contributed by atoms with Crippen molar-refractivity contribution in [2.75, 3.05) is 55.4 Å². The molecule has 38 heavy (non-hydrogen) atoms. The Kier molecular flexibility index (Phi) is 8.65. The molecule has 0 amide bonds. The highest BCUT2D eigenvalue weighted by molar-refractivity contribution is 5.93. The molecule has 1 saturated carbocycles. The second kappa shape index (κ2) is 12.5. The summed E-state index contributed by atoms with van der Waals surface area (Å²) < 4.78 is 0. The number of hydrogen-bond donors (Lipinski definition) is 1. The van der Waals surface area contributed by atoms with Crippen LogP contribution >= 0.6 is 0 Å². The van der Waals surface area contributed by atoms with Gasteiger partial charge in [-0.05, 0) is 56.9 Å². The van der Waals surface area contributed by atoms with Crippen molar-refractivity contribution < 1.29 is 0 Å². The van der Waals surface area contributed by atoms with Gasteiger partial charge in [-0.15, -0.1) is 5.73 Å². The Morgan fingerprint density at radius 1 is 1.05 bits per heavy atom. The summed E-state index contributed by atoms with van der Waals surface area (Å²) in [5.41, 5.74) is 6.31. The van der Waals surface area contributed by atoms with Gasteiger partial charge in [-0.2, -0.15) is 9.97 Å². The van der Waals surface area contributed by atoms with Crippen molar-refractivity contribution in [1.82, 2.24) is 14.9 Å². The molecule has 2 atom stereocenters. The highest BCUT2D eigenvalue weighted by Gasteiger charge is 2.43. The maximum Gasteiger partial charge on any atom is 0.229 e. The number of aromatic nitrogens is 2. The van der Waals surface area contributed by atoms with Crippen molar-refractivity contribution in [3.8, 4) is 0 Å². The van der Waals surface area contributed by atoms with Crippen LogP contribution in [0, 0.1) is 11.8 Å². The molecule has 1 saturated heterocycles. The number of aliphatic imine (C=N–C) groups is 1. The van der Waals surface area contributed by atoms with Crippen LogP contribution < -0.4 is 15.1 Å². The van der Waals surface area contributed by atoms with E-state index in [0.29, 0.717) is 11.8 Å². The monoisotopic (exact) mass is 513 g/mol. The minimum Gasteiger partial charge on any atom is -0.363 e. The van der Waals surface area contributed by atoms with Crippen LogP contribution in [0.25, 0.3) is 0 Å². The molecule has 1 N–H and O–H groups in total. The van der Waals surface area contributed by atoms with Gasteiger partial charge in [0.1, 0.15) is 17.5 Å². The molecule has 2 aliphatic carbocycles. The lowest BCUT2D eigenvalue weighted by molar-refractivity contribution is 0.450. The van der Waals surface area contributed by atoms with Crippen molar-refractivity contribution >= 4 is 23.4 Å². The molecule has 2 fully saturated rings. The Labute approximate surface area is 228 Å². The number of nitrogens with zero attached hydrogens (tertiary/aromatic N) is 6. The first kappa shape index (κ1) is 26.3. The summed E-state index contributed by atoms with van der Waals surface area (Å²) in [6.45, 7) is 5.90. The van der Waals surface area contributed by atoms with Crippen LogP contribution in [0.1, 0.15) is 58.3 Å². The van der Waals surface area contributed by atoms with E-state index in [-0.39, 0.29) is 0 Å². The third-order valence-corrected chi connectivity index (χ3v) is 7.86. The maximum absolute atomic E-state index is 5.04. The molecule has 7 heteroatoms. The second-order valence-corrected chi connectivity index (χ2v) is 10.9. The van der Waals surface area contributed by atoms with E-state index >= 15 is 0 Å². The van der Waals surface area contributed by atoms with E-state index < -0.39 is 0 Å². The molecule has 0 radical (unpaired) electrons. The van der Waals surface area contributed by atoms with E-state index in [1.807, 2.05) is 12.3 Å². The summed E-state index contributed by atoms with van der Waals surface area (Å²) in [6, 6.07) is 2.08. The Bertz CT molecular complexity index is 1170. The number of hydrogen-bond acceptors (Lipinski definition) is 7. The smallest absolute Gasteiger partial charge is 0.229 e. The Morgan fingerprint density at radius 3 is 2.79 bits per heavy atom. The predicted octanol–water partition coefficient (Wildman–Crippen LogP) is 5.92. The van der Waals surface area contributed by atoms with E-state index in [9.17, 15) is 0 Å².